The van der Waals surface area contributed by atoms with E-state index >= 15 is 0 Å². The molecule has 162 valence electrons. The van der Waals surface area contributed by atoms with Gasteiger partial charge in [0, 0.05) is 51.8 Å². The number of aryl methyl sites for hydroxylation is 1. The molecule has 1 unspecified atom stereocenters. The van der Waals surface area contributed by atoms with Crippen molar-refractivity contribution in [1.29, 1.82) is 0 Å². The van der Waals surface area contributed by atoms with E-state index in [0.717, 1.165) is 74.5 Å². The minimum absolute atomic E-state index is 0.354. The molecule has 1 aromatic heterocycles. The van der Waals surface area contributed by atoms with Crippen LogP contribution in [0, 0.1) is 0 Å². The van der Waals surface area contributed by atoms with Gasteiger partial charge in [0.2, 0.25) is 0 Å². The summed E-state index contributed by atoms with van der Waals surface area (Å²) in [4.78, 5) is 6.82. The van der Waals surface area contributed by atoms with Gasteiger partial charge >= 0.3 is 0 Å². The number of hydrogen-bond donors (Lipinski definition) is 2. The van der Waals surface area contributed by atoms with Crippen LogP contribution in [0.1, 0.15) is 30.1 Å². The van der Waals surface area contributed by atoms with Crippen LogP contribution in [0.5, 0.6) is 11.5 Å². The minimum Gasteiger partial charge on any atom is -0.497 e. The maximum atomic E-state index is 5.39. The molecular weight excluding hydrogens is 382 g/mol. The first-order valence-electron chi connectivity index (χ1n) is 10.5. The number of benzene rings is 1. The lowest BCUT2D eigenvalue weighted by Crippen LogP contribution is -2.44. The van der Waals surface area contributed by atoms with Crippen molar-refractivity contribution in [2.75, 3.05) is 34.4 Å². The second kappa shape index (κ2) is 9.34. The van der Waals surface area contributed by atoms with Crippen molar-refractivity contribution in [3.05, 3.63) is 35.4 Å². The molecule has 9 heteroatoms. The first-order chi connectivity index (χ1) is 14.7. The molecule has 0 amide bonds. The summed E-state index contributed by atoms with van der Waals surface area (Å²) in [6.07, 6.45) is 3.25. The fourth-order valence-corrected chi connectivity index (χ4v) is 4.20. The summed E-state index contributed by atoms with van der Waals surface area (Å²) in [7, 11) is 5.17. The third-order valence-electron chi connectivity index (χ3n) is 5.75. The lowest BCUT2D eigenvalue weighted by molar-refractivity contribution is 0.321. The zero-order valence-corrected chi connectivity index (χ0v) is 18.0. The van der Waals surface area contributed by atoms with Gasteiger partial charge in [-0.05, 0) is 30.5 Å². The second-order valence-electron chi connectivity index (χ2n) is 7.80. The number of hydrogen-bond acceptors (Lipinski definition) is 6. The molecule has 1 atom stereocenters. The van der Waals surface area contributed by atoms with Crippen molar-refractivity contribution in [3.8, 4) is 11.5 Å². The number of likely N-dealkylation sites (tertiary alicyclic amines) is 1. The van der Waals surface area contributed by atoms with Crippen LogP contribution >= 0.6 is 0 Å². The summed E-state index contributed by atoms with van der Waals surface area (Å²) in [5.74, 6) is 4.52. The lowest BCUT2D eigenvalue weighted by Gasteiger charge is -2.19. The van der Waals surface area contributed by atoms with Crippen molar-refractivity contribution < 1.29 is 9.47 Å². The third kappa shape index (κ3) is 4.67. The summed E-state index contributed by atoms with van der Waals surface area (Å²) in [5.41, 5.74) is 1.19. The van der Waals surface area contributed by atoms with E-state index in [0.29, 0.717) is 12.6 Å². The van der Waals surface area contributed by atoms with E-state index in [1.54, 1.807) is 21.3 Å². The van der Waals surface area contributed by atoms with Crippen LogP contribution in [0.2, 0.25) is 0 Å². The number of rotatable bonds is 7. The van der Waals surface area contributed by atoms with Gasteiger partial charge in [0.1, 0.15) is 17.3 Å². The molecule has 2 aliphatic heterocycles. The number of methoxy groups -OCH3 is 2. The molecule has 0 spiro atoms. The topological polar surface area (TPSA) is 88.8 Å². The molecule has 30 heavy (non-hydrogen) atoms. The monoisotopic (exact) mass is 413 g/mol. The molecule has 0 bridgehead atoms. The van der Waals surface area contributed by atoms with E-state index in [1.165, 1.54) is 5.56 Å². The largest absolute Gasteiger partial charge is 0.497 e. The molecule has 2 aromatic rings. The Morgan fingerprint density at radius 3 is 2.70 bits per heavy atom. The minimum atomic E-state index is 0.354. The highest BCUT2D eigenvalue weighted by atomic mass is 16.5. The Labute approximate surface area is 177 Å². The van der Waals surface area contributed by atoms with E-state index in [4.69, 9.17) is 9.47 Å². The smallest absolute Gasteiger partial charge is 0.191 e. The first-order valence-corrected chi connectivity index (χ1v) is 10.5. The number of aromatic nitrogens is 3. The maximum absolute atomic E-state index is 5.39. The molecule has 0 radical (unpaired) electrons. The average Bonchev–Trinajstić information content (AvgIpc) is 3.49. The van der Waals surface area contributed by atoms with Crippen LogP contribution < -0.4 is 20.1 Å². The van der Waals surface area contributed by atoms with Crippen molar-refractivity contribution in [3.63, 3.8) is 0 Å². The van der Waals surface area contributed by atoms with Crippen molar-refractivity contribution >= 4 is 5.96 Å². The number of aliphatic imine (C=N–C) groups is 1. The predicted octanol–water partition coefficient (Wildman–Crippen LogP) is 1.18. The molecule has 0 saturated carbocycles. The molecule has 4 rings (SSSR count). The van der Waals surface area contributed by atoms with E-state index in [-0.39, 0.29) is 0 Å². The standard InChI is InChI=1S/C21H31N7O2/c1-22-21(23-12-20-26-25-19-5-4-7-28(19)20)24-16-6-8-27(14-16)13-15-9-17(29-2)11-18(10-15)30-3/h9-11,16H,4-8,12-14H2,1-3H3,(H2,22,23,24). The summed E-state index contributed by atoms with van der Waals surface area (Å²) >= 11 is 0. The summed E-state index contributed by atoms with van der Waals surface area (Å²) in [6, 6.07) is 6.40. The number of nitrogens with one attached hydrogen (secondary N) is 2. The van der Waals surface area contributed by atoms with Crippen LogP contribution in [-0.2, 0) is 26.1 Å². The Balaban J connectivity index is 1.28. The molecular formula is C21H31N7O2. The van der Waals surface area contributed by atoms with Crippen LogP contribution in [0.25, 0.3) is 0 Å². The number of fused-ring (bicyclic) bond motifs is 1. The van der Waals surface area contributed by atoms with Gasteiger partial charge in [-0.2, -0.15) is 0 Å². The molecule has 2 aliphatic rings. The highest BCUT2D eigenvalue weighted by molar-refractivity contribution is 5.79. The first kappa shape index (κ1) is 20.5. The summed E-state index contributed by atoms with van der Waals surface area (Å²) in [6.45, 7) is 4.50. The van der Waals surface area contributed by atoms with E-state index in [9.17, 15) is 0 Å². The normalized spacial score (nSPS) is 19.0. The molecule has 1 aromatic carbocycles. The fourth-order valence-electron chi connectivity index (χ4n) is 4.20. The second-order valence-corrected chi connectivity index (χ2v) is 7.80. The Hall–Kier alpha value is -2.81. The summed E-state index contributed by atoms with van der Waals surface area (Å²) in [5, 5.41) is 15.5. The predicted molar refractivity (Wildman–Crippen MR) is 115 cm³/mol. The molecule has 9 nitrogen and oxygen atoms in total. The summed E-state index contributed by atoms with van der Waals surface area (Å²) < 4.78 is 13.0. The average molecular weight is 414 g/mol. The van der Waals surface area contributed by atoms with Gasteiger partial charge in [0.05, 0.1) is 20.8 Å². The quantitative estimate of drug-likeness (QED) is 0.520. The van der Waals surface area contributed by atoms with E-state index in [2.05, 4.69) is 47.4 Å². The van der Waals surface area contributed by atoms with Gasteiger partial charge in [-0.3, -0.25) is 9.89 Å². The van der Waals surface area contributed by atoms with E-state index < -0.39 is 0 Å². The van der Waals surface area contributed by atoms with Gasteiger partial charge in [-0.25, -0.2) is 0 Å². The Kier molecular flexibility index (Phi) is 6.37. The fraction of sp³-hybridized carbons (Fsp3) is 0.571. The van der Waals surface area contributed by atoms with Crippen LogP contribution in [0.3, 0.4) is 0 Å². The highest BCUT2D eigenvalue weighted by Gasteiger charge is 2.24. The Bertz CT molecular complexity index is 873. The molecule has 2 N–H and O–H groups in total. The van der Waals surface area contributed by atoms with E-state index in [1.807, 2.05) is 6.07 Å². The van der Waals surface area contributed by atoms with Crippen molar-refractivity contribution in [2.24, 2.45) is 4.99 Å². The van der Waals surface area contributed by atoms with Crippen LogP contribution in [0.4, 0.5) is 0 Å². The Morgan fingerprint density at radius 2 is 1.97 bits per heavy atom. The van der Waals surface area contributed by atoms with Gasteiger partial charge in [0.15, 0.2) is 11.8 Å². The number of ether oxygens (including phenoxy) is 2. The van der Waals surface area contributed by atoms with Crippen LogP contribution in [0.15, 0.2) is 23.2 Å². The van der Waals surface area contributed by atoms with Gasteiger partial charge < -0.3 is 24.7 Å². The van der Waals surface area contributed by atoms with Crippen LogP contribution in [-0.4, -0.2) is 66.0 Å². The van der Waals surface area contributed by atoms with Gasteiger partial charge in [-0.1, -0.05) is 0 Å². The number of guanidine groups is 1. The molecule has 1 saturated heterocycles. The SMILES string of the molecule is CN=C(NCc1nnc2n1CCC2)NC1CCN(Cc2cc(OC)cc(OC)c2)C1. The van der Waals surface area contributed by atoms with Gasteiger partial charge in [-0.15, -0.1) is 10.2 Å². The Morgan fingerprint density at radius 1 is 1.17 bits per heavy atom. The maximum Gasteiger partial charge on any atom is 0.191 e. The van der Waals surface area contributed by atoms with Gasteiger partial charge in [0.25, 0.3) is 0 Å². The molecule has 0 aliphatic carbocycles. The highest BCUT2D eigenvalue weighted by Crippen LogP contribution is 2.24. The molecule has 3 heterocycles. The number of nitrogens with zero attached hydrogens (tertiary/aromatic N) is 5. The van der Waals surface area contributed by atoms with Crippen molar-refractivity contribution in [2.45, 2.75) is 44.9 Å². The molecule has 1 fully saturated rings. The zero-order valence-electron chi connectivity index (χ0n) is 18.0. The van der Waals surface area contributed by atoms with Crippen molar-refractivity contribution in [1.82, 2.24) is 30.3 Å². The third-order valence-corrected chi connectivity index (χ3v) is 5.75. The lowest BCUT2D eigenvalue weighted by atomic mass is 10.2. The zero-order chi connectivity index (χ0) is 20.9.